The highest BCUT2D eigenvalue weighted by Crippen LogP contribution is 2.25. The third-order valence-electron chi connectivity index (χ3n) is 3.86. The van der Waals surface area contributed by atoms with Crippen molar-refractivity contribution in [2.75, 3.05) is 12.9 Å². The van der Waals surface area contributed by atoms with Crippen LogP contribution in [0.5, 0.6) is 11.5 Å². The first-order valence-electron chi connectivity index (χ1n) is 8.14. The first kappa shape index (κ1) is 19.3. The van der Waals surface area contributed by atoms with Gasteiger partial charge in [-0.1, -0.05) is 47.6 Å². The van der Waals surface area contributed by atoms with Crippen LogP contribution >= 0.6 is 23.4 Å². The molecule has 0 aliphatic carbocycles. The molecule has 0 radical (unpaired) electrons. The molecule has 3 aromatic rings. The summed E-state index contributed by atoms with van der Waals surface area (Å²) in [6.07, 6.45) is 0. The van der Waals surface area contributed by atoms with E-state index in [4.69, 9.17) is 21.1 Å². The molecule has 140 valence electrons. The molecule has 0 atom stereocenters. The Balaban J connectivity index is 1.62. The van der Waals surface area contributed by atoms with Crippen molar-refractivity contribution in [3.05, 3.63) is 64.9 Å². The molecule has 6 nitrogen and oxygen atoms in total. The zero-order valence-corrected chi connectivity index (χ0v) is 16.5. The van der Waals surface area contributed by atoms with Crippen LogP contribution in [-0.2, 0) is 13.7 Å². The van der Waals surface area contributed by atoms with Gasteiger partial charge in [-0.2, -0.15) is 0 Å². The Labute approximate surface area is 166 Å². The van der Waals surface area contributed by atoms with E-state index in [2.05, 4.69) is 10.2 Å². The Morgan fingerprint density at radius 2 is 1.81 bits per heavy atom. The lowest BCUT2D eigenvalue weighted by Gasteiger charge is -2.08. The molecule has 0 unspecified atom stereocenters. The van der Waals surface area contributed by atoms with Gasteiger partial charge in [0.05, 0.1) is 23.4 Å². The van der Waals surface area contributed by atoms with E-state index in [1.807, 2.05) is 31.3 Å². The molecule has 2 aromatic carbocycles. The summed E-state index contributed by atoms with van der Waals surface area (Å²) in [5.41, 5.74) is 0.553. The topological polar surface area (TPSA) is 66.2 Å². The van der Waals surface area contributed by atoms with E-state index < -0.39 is 0 Å². The highest BCUT2D eigenvalue weighted by atomic mass is 35.5. The van der Waals surface area contributed by atoms with E-state index >= 15 is 0 Å². The maximum absolute atomic E-state index is 12.5. The van der Waals surface area contributed by atoms with Gasteiger partial charge in [-0.3, -0.25) is 4.79 Å². The third kappa shape index (κ3) is 4.61. The summed E-state index contributed by atoms with van der Waals surface area (Å²) in [6, 6.07) is 14.4. The summed E-state index contributed by atoms with van der Waals surface area (Å²) < 4.78 is 12.7. The van der Waals surface area contributed by atoms with Crippen molar-refractivity contribution in [1.82, 2.24) is 14.8 Å². The van der Waals surface area contributed by atoms with Gasteiger partial charge in [-0.25, -0.2) is 0 Å². The molecule has 0 fully saturated rings. The van der Waals surface area contributed by atoms with Gasteiger partial charge in [0.1, 0.15) is 18.1 Å². The maximum atomic E-state index is 12.5. The van der Waals surface area contributed by atoms with Gasteiger partial charge >= 0.3 is 0 Å². The SMILES string of the molecule is COc1ccccc1C(=O)CSc1nnc(COc2ccccc2Cl)n1C. The molecule has 0 saturated carbocycles. The molecule has 0 aliphatic rings. The van der Waals surface area contributed by atoms with Gasteiger partial charge in [0, 0.05) is 7.05 Å². The molecule has 0 N–H and O–H groups in total. The largest absolute Gasteiger partial charge is 0.496 e. The fraction of sp³-hybridized carbons (Fsp3) is 0.211. The molecular weight excluding hydrogens is 386 g/mol. The monoisotopic (exact) mass is 403 g/mol. The number of hydrogen-bond donors (Lipinski definition) is 0. The molecule has 3 rings (SSSR count). The van der Waals surface area contributed by atoms with Gasteiger partial charge in [0.2, 0.25) is 0 Å². The lowest BCUT2D eigenvalue weighted by atomic mass is 10.1. The summed E-state index contributed by atoms with van der Waals surface area (Å²) in [5.74, 6) is 1.99. The Kier molecular flexibility index (Phi) is 6.36. The zero-order chi connectivity index (χ0) is 19.2. The second kappa shape index (κ2) is 8.92. The van der Waals surface area contributed by atoms with E-state index in [1.165, 1.54) is 11.8 Å². The van der Waals surface area contributed by atoms with Gasteiger partial charge < -0.3 is 14.0 Å². The van der Waals surface area contributed by atoms with Crippen LogP contribution in [-0.4, -0.2) is 33.4 Å². The minimum Gasteiger partial charge on any atom is -0.496 e. The Hall–Kier alpha value is -2.51. The molecular formula is C19H18ClN3O3S. The standard InChI is InChI=1S/C19H18ClN3O3S/c1-23-18(11-26-17-10-6-4-8-14(17)20)21-22-19(23)27-12-15(24)13-7-3-5-9-16(13)25-2/h3-10H,11-12H2,1-2H3. The summed E-state index contributed by atoms with van der Waals surface area (Å²) in [6.45, 7) is 0.230. The van der Waals surface area contributed by atoms with Gasteiger partial charge in [0.15, 0.2) is 16.8 Å². The number of thioether (sulfide) groups is 1. The molecule has 0 bridgehead atoms. The van der Waals surface area contributed by atoms with Crippen molar-refractivity contribution < 1.29 is 14.3 Å². The molecule has 0 saturated heterocycles. The van der Waals surface area contributed by atoms with Crippen LogP contribution < -0.4 is 9.47 Å². The molecule has 8 heteroatoms. The van der Waals surface area contributed by atoms with E-state index in [0.717, 1.165) is 0 Å². The van der Waals surface area contributed by atoms with Gasteiger partial charge in [-0.15, -0.1) is 10.2 Å². The predicted octanol–water partition coefficient (Wildman–Crippen LogP) is 4.03. The Bertz CT molecular complexity index is 945. The fourth-order valence-corrected chi connectivity index (χ4v) is 3.39. The van der Waals surface area contributed by atoms with Crippen molar-refractivity contribution in [3.63, 3.8) is 0 Å². The normalized spacial score (nSPS) is 10.6. The molecule has 0 amide bonds. The Morgan fingerprint density at radius 1 is 1.11 bits per heavy atom. The van der Waals surface area contributed by atoms with Crippen LogP contribution in [0, 0.1) is 0 Å². The smallest absolute Gasteiger partial charge is 0.191 e. The van der Waals surface area contributed by atoms with E-state index in [0.29, 0.717) is 33.1 Å². The molecule has 0 spiro atoms. The number of halogens is 1. The average molecular weight is 404 g/mol. The summed E-state index contributed by atoms with van der Waals surface area (Å²) in [5, 5.41) is 9.44. The highest BCUT2D eigenvalue weighted by molar-refractivity contribution is 7.99. The summed E-state index contributed by atoms with van der Waals surface area (Å²) in [4.78, 5) is 12.5. The number of hydrogen-bond acceptors (Lipinski definition) is 6. The fourth-order valence-electron chi connectivity index (χ4n) is 2.38. The van der Waals surface area contributed by atoms with Crippen LogP contribution in [0.15, 0.2) is 53.7 Å². The first-order chi connectivity index (χ1) is 13.1. The third-order valence-corrected chi connectivity index (χ3v) is 5.19. The molecule has 0 aliphatic heterocycles. The second-order valence-electron chi connectivity index (χ2n) is 5.59. The molecule has 1 aromatic heterocycles. The quantitative estimate of drug-likeness (QED) is 0.418. The minimum atomic E-state index is -0.0330. The van der Waals surface area contributed by atoms with Crippen LogP contribution in [0.1, 0.15) is 16.2 Å². The van der Waals surface area contributed by atoms with Gasteiger partial charge in [-0.05, 0) is 24.3 Å². The van der Waals surface area contributed by atoms with Crippen molar-refractivity contribution >= 4 is 29.1 Å². The number of benzene rings is 2. The minimum absolute atomic E-state index is 0.0330. The average Bonchev–Trinajstić information content (AvgIpc) is 3.05. The van der Waals surface area contributed by atoms with Crippen LogP contribution in [0.2, 0.25) is 5.02 Å². The number of Topliss-reactive ketones (excluding diaryl/α,β-unsaturated/α-hetero) is 1. The number of ketones is 1. The van der Waals surface area contributed by atoms with E-state index in [1.54, 1.807) is 35.9 Å². The highest BCUT2D eigenvalue weighted by Gasteiger charge is 2.15. The lowest BCUT2D eigenvalue weighted by molar-refractivity contribution is 0.101. The number of carbonyl (C=O) groups excluding carboxylic acids is 1. The van der Waals surface area contributed by atoms with Crippen LogP contribution in [0.4, 0.5) is 0 Å². The molecule has 27 heavy (non-hydrogen) atoms. The summed E-state index contributed by atoms with van der Waals surface area (Å²) in [7, 11) is 3.38. The predicted molar refractivity (Wildman–Crippen MR) is 105 cm³/mol. The van der Waals surface area contributed by atoms with Crippen molar-refractivity contribution in [2.24, 2.45) is 7.05 Å². The molecule has 1 heterocycles. The van der Waals surface area contributed by atoms with Crippen molar-refractivity contribution in [2.45, 2.75) is 11.8 Å². The number of carbonyl (C=O) groups is 1. The maximum Gasteiger partial charge on any atom is 0.191 e. The Morgan fingerprint density at radius 3 is 2.56 bits per heavy atom. The van der Waals surface area contributed by atoms with Crippen molar-refractivity contribution in [1.29, 1.82) is 0 Å². The first-order valence-corrected chi connectivity index (χ1v) is 9.51. The van der Waals surface area contributed by atoms with Gasteiger partial charge in [0.25, 0.3) is 0 Å². The number of aromatic nitrogens is 3. The number of ether oxygens (including phenoxy) is 2. The van der Waals surface area contributed by atoms with Crippen LogP contribution in [0.3, 0.4) is 0 Å². The summed E-state index contributed by atoms with van der Waals surface area (Å²) >= 11 is 7.40. The number of methoxy groups -OCH3 is 1. The van der Waals surface area contributed by atoms with Crippen LogP contribution in [0.25, 0.3) is 0 Å². The van der Waals surface area contributed by atoms with Crippen molar-refractivity contribution in [3.8, 4) is 11.5 Å². The second-order valence-corrected chi connectivity index (χ2v) is 6.94. The number of para-hydroxylation sites is 2. The van der Waals surface area contributed by atoms with E-state index in [-0.39, 0.29) is 18.1 Å². The lowest BCUT2D eigenvalue weighted by Crippen LogP contribution is -2.07. The number of rotatable bonds is 8. The van der Waals surface area contributed by atoms with E-state index in [9.17, 15) is 4.79 Å². The zero-order valence-electron chi connectivity index (χ0n) is 14.9. The number of nitrogens with zero attached hydrogens (tertiary/aromatic N) is 3.